The van der Waals surface area contributed by atoms with Gasteiger partial charge in [0.05, 0.1) is 0 Å². The Morgan fingerprint density at radius 3 is 2.44 bits per heavy atom. The Morgan fingerprint density at radius 1 is 1.22 bits per heavy atom. The van der Waals surface area contributed by atoms with Crippen LogP contribution in [0, 0.1) is 11.6 Å². The average molecular weight is 276 g/mol. The van der Waals surface area contributed by atoms with Crippen molar-refractivity contribution in [2.24, 2.45) is 5.73 Å². The highest BCUT2D eigenvalue weighted by molar-refractivity contribution is 7.89. The van der Waals surface area contributed by atoms with E-state index in [1.807, 2.05) is 0 Å². The van der Waals surface area contributed by atoms with Gasteiger partial charge >= 0.3 is 0 Å². The lowest BCUT2D eigenvalue weighted by Crippen LogP contribution is -2.43. The van der Waals surface area contributed by atoms with Gasteiger partial charge in [0.1, 0.15) is 4.90 Å². The van der Waals surface area contributed by atoms with E-state index in [9.17, 15) is 17.2 Å². The Kier molecular flexibility index (Phi) is 3.65. The molecular weight excluding hydrogens is 262 g/mol. The number of nitrogens with zero attached hydrogens (tertiary/aromatic N) is 1. The highest BCUT2D eigenvalue weighted by atomic mass is 32.2. The number of hydrogen-bond acceptors (Lipinski definition) is 3. The van der Waals surface area contributed by atoms with Crippen LogP contribution in [0.4, 0.5) is 8.78 Å². The first-order chi connectivity index (χ1) is 8.43. The summed E-state index contributed by atoms with van der Waals surface area (Å²) in [6.07, 6.45) is 1.05. The van der Waals surface area contributed by atoms with Crippen molar-refractivity contribution in [3.05, 3.63) is 29.8 Å². The maximum atomic E-state index is 13.5. The largest absolute Gasteiger partial charge is 0.328 e. The van der Waals surface area contributed by atoms with Crippen molar-refractivity contribution in [3.63, 3.8) is 0 Å². The number of hydrogen-bond donors (Lipinski definition) is 1. The lowest BCUT2D eigenvalue weighted by atomic mass is 10.1. The lowest BCUT2D eigenvalue weighted by molar-refractivity contribution is 0.318. The Morgan fingerprint density at radius 2 is 1.83 bits per heavy atom. The second kappa shape index (κ2) is 4.91. The Balaban J connectivity index is 2.34. The van der Waals surface area contributed by atoms with E-state index in [1.54, 1.807) is 0 Å². The van der Waals surface area contributed by atoms with Gasteiger partial charge in [0.25, 0.3) is 0 Å². The average Bonchev–Trinajstić information content (AvgIpc) is 2.33. The summed E-state index contributed by atoms with van der Waals surface area (Å²) in [7, 11) is -3.98. The number of benzene rings is 1. The maximum absolute atomic E-state index is 13.5. The highest BCUT2D eigenvalue weighted by Crippen LogP contribution is 2.23. The molecule has 0 atom stereocenters. The third-order valence-corrected chi connectivity index (χ3v) is 4.95. The molecule has 1 aromatic rings. The molecule has 0 aromatic heterocycles. The molecule has 1 aliphatic heterocycles. The molecule has 0 saturated carbocycles. The molecule has 1 heterocycles. The van der Waals surface area contributed by atoms with Crippen LogP contribution in [0.25, 0.3) is 0 Å². The third kappa shape index (κ3) is 2.38. The molecule has 1 fully saturated rings. The van der Waals surface area contributed by atoms with Gasteiger partial charge in [0, 0.05) is 19.1 Å². The molecule has 7 heteroatoms. The minimum absolute atomic E-state index is 0.0335. The van der Waals surface area contributed by atoms with E-state index >= 15 is 0 Å². The van der Waals surface area contributed by atoms with Gasteiger partial charge in [0.2, 0.25) is 10.0 Å². The van der Waals surface area contributed by atoms with Gasteiger partial charge in [-0.3, -0.25) is 0 Å². The molecule has 0 spiro atoms. The molecule has 1 saturated heterocycles. The third-order valence-electron chi connectivity index (χ3n) is 3.03. The molecule has 1 aliphatic rings. The topological polar surface area (TPSA) is 63.4 Å². The van der Waals surface area contributed by atoms with Gasteiger partial charge < -0.3 is 5.73 Å². The summed E-state index contributed by atoms with van der Waals surface area (Å²) >= 11 is 0. The van der Waals surface area contributed by atoms with E-state index < -0.39 is 26.6 Å². The van der Waals surface area contributed by atoms with Gasteiger partial charge in [-0.1, -0.05) is 6.07 Å². The van der Waals surface area contributed by atoms with Gasteiger partial charge in [-0.05, 0) is 25.0 Å². The van der Waals surface area contributed by atoms with Crippen LogP contribution in [0.15, 0.2) is 23.1 Å². The quantitative estimate of drug-likeness (QED) is 0.879. The predicted octanol–water partition coefficient (Wildman–Crippen LogP) is 1.08. The van der Waals surface area contributed by atoms with Crippen LogP contribution < -0.4 is 5.73 Å². The molecule has 2 rings (SSSR count). The summed E-state index contributed by atoms with van der Waals surface area (Å²) in [6, 6.07) is 3.11. The van der Waals surface area contributed by atoms with Crippen LogP contribution >= 0.6 is 0 Å². The first kappa shape index (κ1) is 13.4. The predicted molar refractivity (Wildman–Crippen MR) is 62.3 cm³/mol. The Hall–Kier alpha value is -1.05. The normalized spacial score (nSPS) is 19.1. The van der Waals surface area contributed by atoms with Crippen LogP contribution in [0.3, 0.4) is 0 Å². The Labute approximate surface area is 104 Å². The maximum Gasteiger partial charge on any atom is 0.246 e. The smallest absolute Gasteiger partial charge is 0.246 e. The minimum Gasteiger partial charge on any atom is -0.328 e. The zero-order valence-corrected chi connectivity index (χ0v) is 10.5. The highest BCUT2D eigenvalue weighted by Gasteiger charge is 2.31. The fourth-order valence-corrected chi connectivity index (χ4v) is 3.48. The summed E-state index contributed by atoms with van der Waals surface area (Å²) in [5.41, 5.74) is 5.68. The SMILES string of the molecule is NC1CCN(S(=O)(=O)c2cccc(F)c2F)CC1. The first-order valence-corrected chi connectivity index (χ1v) is 7.06. The molecule has 1 aromatic carbocycles. The second-order valence-corrected chi connectivity index (χ2v) is 6.20. The van der Waals surface area contributed by atoms with E-state index in [0.29, 0.717) is 12.8 Å². The number of sulfonamides is 1. The van der Waals surface area contributed by atoms with Crippen LogP contribution in [0.1, 0.15) is 12.8 Å². The van der Waals surface area contributed by atoms with Gasteiger partial charge in [0.15, 0.2) is 11.6 Å². The van der Waals surface area contributed by atoms with Crippen molar-refractivity contribution >= 4 is 10.0 Å². The number of piperidine rings is 1. The summed E-state index contributed by atoms with van der Waals surface area (Å²) < 4.78 is 52.0. The Bertz CT molecular complexity index is 540. The van der Waals surface area contributed by atoms with E-state index in [-0.39, 0.29) is 19.1 Å². The molecule has 0 amide bonds. The minimum atomic E-state index is -3.98. The van der Waals surface area contributed by atoms with E-state index in [4.69, 9.17) is 5.73 Å². The van der Waals surface area contributed by atoms with Crippen molar-refractivity contribution in [2.45, 2.75) is 23.8 Å². The van der Waals surface area contributed by atoms with Crippen molar-refractivity contribution in [1.29, 1.82) is 0 Å². The van der Waals surface area contributed by atoms with Crippen molar-refractivity contribution in [1.82, 2.24) is 4.31 Å². The zero-order chi connectivity index (χ0) is 13.3. The van der Waals surface area contributed by atoms with Crippen molar-refractivity contribution < 1.29 is 17.2 Å². The molecule has 0 bridgehead atoms. The molecule has 18 heavy (non-hydrogen) atoms. The molecule has 4 nitrogen and oxygen atoms in total. The zero-order valence-electron chi connectivity index (χ0n) is 9.64. The van der Waals surface area contributed by atoms with Crippen molar-refractivity contribution in [3.8, 4) is 0 Å². The fourth-order valence-electron chi connectivity index (χ4n) is 1.94. The molecule has 0 aliphatic carbocycles. The molecule has 100 valence electrons. The lowest BCUT2D eigenvalue weighted by Gasteiger charge is -2.29. The summed E-state index contributed by atoms with van der Waals surface area (Å²) in [4.78, 5) is -0.613. The number of rotatable bonds is 2. The van der Waals surface area contributed by atoms with Crippen molar-refractivity contribution in [2.75, 3.05) is 13.1 Å². The van der Waals surface area contributed by atoms with Gasteiger partial charge in [-0.2, -0.15) is 4.31 Å². The van der Waals surface area contributed by atoms with Crippen LogP contribution in [-0.4, -0.2) is 31.9 Å². The van der Waals surface area contributed by atoms with Gasteiger partial charge in [-0.25, -0.2) is 17.2 Å². The summed E-state index contributed by atoms with van der Waals surface area (Å²) in [5, 5.41) is 0. The molecule has 0 unspecified atom stereocenters. The molecular formula is C11H14F2N2O2S. The van der Waals surface area contributed by atoms with E-state index in [1.165, 1.54) is 6.07 Å². The van der Waals surface area contributed by atoms with E-state index in [0.717, 1.165) is 16.4 Å². The van der Waals surface area contributed by atoms with Crippen LogP contribution in [0.2, 0.25) is 0 Å². The number of halogens is 2. The van der Waals surface area contributed by atoms with E-state index in [2.05, 4.69) is 0 Å². The fraction of sp³-hybridized carbons (Fsp3) is 0.455. The standard InChI is InChI=1S/C11H14F2N2O2S/c12-9-2-1-3-10(11(9)13)18(16,17)15-6-4-8(14)5-7-15/h1-3,8H,4-7,14H2. The summed E-state index contributed by atoms with van der Waals surface area (Å²) in [6.45, 7) is 0.471. The van der Waals surface area contributed by atoms with Gasteiger partial charge in [-0.15, -0.1) is 0 Å². The molecule has 2 N–H and O–H groups in total. The second-order valence-electron chi connectivity index (χ2n) is 4.29. The first-order valence-electron chi connectivity index (χ1n) is 5.62. The number of nitrogens with two attached hydrogens (primary N) is 1. The van der Waals surface area contributed by atoms with Crippen LogP contribution in [0.5, 0.6) is 0 Å². The summed E-state index contributed by atoms with van der Waals surface area (Å²) in [5.74, 6) is -2.49. The molecule has 0 radical (unpaired) electrons. The monoisotopic (exact) mass is 276 g/mol. The van der Waals surface area contributed by atoms with Crippen LogP contribution in [-0.2, 0) is 10.0 Å².